The van der Waals surface area contributed by atoms with E-state index in [-0.39, 0.29) is 5.78 Å². The van der Waals surface area contributed by atoms with Gasteiger partial charge in [-0.25, -0.2) is 9.28 Å². The summed E-state index contributed by atoms with van der Waals surface area (Å²) in [5.41, 5.74) is 0.735. The van der Waals surface area contributed by atoms with E-state index < -0.39 is 11.4 Å². The minimum atomic E-state index is -0.943. The lowest BCUT2D eigenvalue weighted by Gasteiger charge is -2.32. The van der Waals surface area contributed by atoms with Gasteiger partial charge >= 0.3 is 0 Å². The van der Waals surface area contributed by atoms with Crippen molar-refractivity contribution in [3.63, 3.8) is 0 Å². The standard InChI is InChI=1S/C21H19FO5S/c1-24-27-28-17-7-5-14(6-8-17)19-18(15-3-2-4-16(22)13-15)20(23)21(26-19)9-11-25-12-10-21/h2-8,13H,9-12H2,1H3. The second-order valence-electron chi connectivity index (χ2n) is 6.59. The predicted molar refractivity (Wildman–Crippen MR) is 102 cm³/mol. The van der Waals surface area contributed by atoms with Crippen LogP contribution >= 0.6 is 12.0 Å². The highest BCUT2D eigenvalue weighted by Gasteiger charge is 2.50. The van der Waals surface area contributed by atoms with Gasteiger partial charge in [-0.3, -0.25) is 4.79 Å². The molecule has 1 spiro atoms. The van der Waals surface area contributed by atoms with Crippen LogP contribution < -0.4 is 0 Å². The van der Waals surface area contributed by atoms with Gasteiger partial charge in [0.15, 0.2) is 5.60 Å². The fourth-order valence-electron chi connectivity index (χ4n) is 3.50. The molecule has 0 saturated carbocycles. The molecule has 0 bridgehead atoms. The van der Waals surface area contributed by atoms with E-state index in [0.29, 0.717) is 43.0 Å². The number of hydrogen-bond acceptors (Lipinski definition) is 6. The lowest BCUT2D eigenvalue weighted by atomic mass is 9.85. The minimum Gasteiger partial charge on any atom is -0.478 e. The van der Waals surface area contributed by atoms with Crippen LogP contribution in [-0.2, 0) is 23.5 Å². The number of benzene rings is 2. The number of ketones is 1. The molecule has 146 valence electrons. The van der Waals surface area contributed by atoms with Gasteiger partial charge in [-0.2, -0.15) is 4.33 Å². The minimum absolute atomic E-state index is 0.113. The summed E-state index contributed by atoms with van der Waals surface area (Å²) in [5, 5.41) is 0. The van der Waals surface area contributed by atoms with E-state index in [1.165, 1.54) is 19.2 Å². The molecule has 2 aromatic carbocycles. The molecule has 0 aromatic heterocycles. The van der Waals surface area contributed by atoms with Crippen LogP contribution in [0.5, 0.6) is 0 Å². The fraction of sp³-hybridized carbons (Fsp3) is 0.286. The van der Waals surface area contributed by atoms with Gasteiger partial charge in [-0.05, 0) is 29.8 Å². The van der Waals surface area contributed by atoms with Crippen molar-refractivity contribution in [2.45, 2.75) is 23.3 Å². The summed E-state index contributed by atoms with van der Waals surface area (Å²) in [4.78, 5) is 18.8. The summed E-state index contributed by atoms with van der Waals surface area (Å²) in [6.45, 7) is 0.915. The third-order valence-electron chi connectivity index (χ3n) is 4.89. The molecular weight excluding hydrogens is 383 g/mol. The number of carbonyl (C=O) groups is 1. The van der Waals surface area contributed by atoms with Crippen LogP contribution in [0.15, 0.2) is 53.4 Å². The van der Waals surface area contributed by atoms with Crippen molar-refractivity contribution in [3.05, 3.63) is 65.5 Å². The zero-order valence-corrected chi connectivity index (χ0v) is 16.1. The lowest BCUT2D eigenvalue weighted by molar-refractivity contribution is -0.160. The average Bonchev–Trinajstić information content (AvgIpc) is 2.99. The molecular formula is C21H19FO5S. The summed E-state index contributed by atoms with van der Waals surface area (Å²) >= 11 is 1.08. The third-order valence-corrected chi connectivity index (χ3v) is 5.56. The molecule has 0 aliphatic carbocycles. The molecule has 28 heavy (non-hydrogen) atoms. The smallest absolute Gasteiger partial charge is 0.210 e. The van der Waals surface area contributed by atoms with Crippen molar-refractivity contribution in [1.82, 2.24) is 0 Å². The maximum Gasteiger partial charge on any atom is 0.210 e. The Kier molecular flexibility index (Phi) is 5.50. The van der Waals surface area contributed by atoms with Gasteiger partial charge < -0.3 is 9.47 Å². The van der Waals surface area contributed by atoms with Gasteiger partial charge in [0.05, 0.1) is 37.9 Å². The van der Waals surface area contributed by atoms with Crippen molar-refractivity contribution < 1.29 is 27.9 Å². The molecule has 5 nitrogen and oxygen atoms in total. The number of Topliss-reactive ketones (excluding diaryl/α,β-unsaturated/α-hetero) is 1. The Morgan fingerprint density at radius 3 is 2.50 bits per heavy atom. The zero-order chi connectivity index (χ0) is 19.6. The second-order valence-corrected chi connectivity index (χ2v) is 7.37. The van der Waals surface area contributed by atoms with Crippen molar-refractivity contribution in [2.75, 3.05) is 20.3 Å². The Morgan fingerprint density at radius 2 is 1.82 bits per heavy atom. The van der Waals surface area contributed by atoms with Crippen LogP contribution in [-0.4, -0.2) is 31.7 Å². The van der Waals surface area contributed by atoms with Gasteiger partial charge in [0.1, 0.15) is 11.6 Å². The first-order valence-electron chi connectivity index (χ1n) is 8.92. The van der Waals surface area contributed by atoms with Gasteiger partial charge in [-0.15, -0.1) is 0 Å². The Labute approximate surface area is 166 Å². The van der Waals surface area contributed by atoms with Crippen LogP contribution in [0.3, 0.4) is 0 Å². The van der Waals surface area contributed by atoms with E-state index in [9.17, 15) is 9.18 Å². The SMILES string of the molecule is COOSc1ccc(C2=C(c3cccc(F)c3)C(=O)C3(CCOCC3)O2)cc1. The molecule has 2 aliphatic heterocycles. The highest BCUT2D eigenvalue weighted by atomic mass is 32.2. The normalized spacial score (nSPS) is 18.6. The summed E-state index contributed by atoms with van der Waals surface area (Å²) in [6, 6.07) is 13.4. The number of carbonyl (C=O) groups excluding carboxylic acids is 1. The molecule has 0 amide bonds. The van der Waals surface area contributed by atoms with E-state index >= 15 is 0 Å². The van der Waals surface area contributed by atoms with Crippen LogP contribution in [0, 0.1) is 5.82 Å². The topological polar surface area (TPSA) is 54.0 Å². The Morgan fingerprint density at radius 1 is 1.07 bits per heavy atom. The highest BCUT2D eigenvalue weighted by Crippen LogP contribution is 2.46. The molecule has 0 N–H and O–H groups in total. The van der Waals surface area contributed by atoms with E-state index in [2.05, 4.69) is 4.89 Å². The van der Waals surface area contributed by atoms with Crippen LogP contribution in [0.25, 0.3) is 11.3 Å². The predicted octanol–water partition coefficient (Wildman–Crippen LogP) is 4.43. The summed E-state index contributed by atoms with van der Waals surface area (Å²) in [5.74, 6) is -0.0344. The van der Waals surface area contributed by atoms with E-state index in [0.717, 1.165) is 22.5 Å². The summed E-state index contributed by atoms with van der Waals surface area (Å²) in [7, 11) is 1.43. The molecule has 0 atom stereocenters. The van der Waals surface area contributed by atoms with Crippen molar-refractivity contribution in [3.8, 4) is 0 Å². The molecule has 1 fully saturated rings. The molecule has 1 saturated heterocycles. The monoisotopic (exact) mass is 402 g/mol. The molecule has 0 unspecified atom stereocenters. The summed E-state index contributed by atoms with van der Waals surface area (Å²) in [6.07, 6.45) is 0.952. The molecule has 0 radical (unpaired) electrons. The quantitative estimate of drug-likeness (QED) is 0.419. The largest absolute Gasteiger partial charge is 0.478 e. The van der Waals surface area contributed by atoms with Gasteiger partial charge in [0.25, 0.3) is 0 Å². The average molecular weight is 402 g/mol. The maximum atomic E-state index is 13.9. The molecule has 2 heterocycles. The second kappa shape index (κ2) is 8.05. The van der Waals surface area contributed by atoms with E-state index in [1.807, 2.05) is 24.3 Å². The zero-order valence-electron chi connectivity index (χ0n) is 15.3. The molecule has 4 rings (SSSR count). The van der Waals surface area contributed by atoms with Crippen LogP contribution in [0.1, 0.15) is 24.0 Å². The summed E-state index contributed by atoms with van der Waals surface area (Å²) < 4.78 is 30.4. The van der Waals surface area contributed by atoms with Crippen LogP contribution in [0.4, 0.5) is 4.39 Å². The van der Waals surface area contributed by atoms with Crippen molar-refractivity contribution in [2.24, 2.45) is 0 Å². The van der Waals surface area contributed by atoms with E-state index in [4.69, 9.17) is 13.8 Å². The van der Waals surface area contributed by atoms with Gasteiger partial charge in [0, 0.05) is 23.3 Å². The number of halogens is 1. The fourth-order valence-corrected chi connectivity index (χ4v) is 3.89. The first kappa shape index (κ1) is 19.1. The first-order chi connectivity index (χ1) is 13.6. The van der Waals surface area contributed by atoms with E-state index in [1.54, 1.807) is 12.1 Å². The van der Waals surface area contributed by atoms with Gasteiger partial charge in [0.2, 0.25) is 5.78 Å². The Bertz CT molecular complexity index is 903. The van der Waals surface area contributed by atoms with Crippen molar-refractivity contribution in [1.29, 1.82) is 0 Å². The first-order valence-corrected chi connectivity index (χ1v) is 9.67. The number of ether oxygens (including phenoxy) is 2. The maximum absolute atomic E-state index is 13.9. The third kappa shape index (κ3) is 3.58. The Balaban J connectivity index is 1.76. The van der Waals surface area contributed by atoms with Crippen molar-refractivity contribution >= 4 is 29.2 Å². The van der Waals surface area contributed by atoms with Gasteiger partial charge in [-0.1, -0.05) is 24.3 Å². The molecule has 2 aliphatic rings. The molecule has 2 aromatic rings. The Hall–Kier alpha value is -2.19. The number of rotatable bonds is 5. The lowest BCUT2D eigenvalue weighted by Crippen LogP contribution is -2.42. The highest BCUT2D eigenvalue weighted by molar-refractivity contribution is 7.94. The molecule has 7 heteroatoms. The number of hydrogen-bond donors (Lipinski definition) is 0. The van der Waals surface area contributed by atoms with Crippen LogP contribution in [0.2, 0.25) is 0 Å².